The zero-order chi connectivity index (χ0) is 19.6. The first kappa shape index (κ1) is 18.8. The van der Waals surface area contributed by atoms with Crippen LogP contribution in [0.3, 0.4) is 0 Å². The Labute approximate surface area is 157 Å². The van der Waals surface area contributed by atoms with Crippen LogP contribution in [0.5, 0.6) is 0 Å². The fraction of sp³-hybridized carbons (Fsp3) is 0.421. The zero-order valence-electron chi connectivity index (χ0n) is 15.7. The SMILES string of the molecule is Cc1ccc(NC(=O)Cn2c(=O)c(N3CCCCC3)c(N)n(C)c2=O)cc1. The summed E-state index contributed by atoms with van der Waals surface area (Å²) in [6.07, 6.45) is 3.04. The first-order valence-electron chi connectivity index (χ1n) is 9.09. The third kappa shape index (κ3) is 3.89. The van der Waals surface area contributed by atoms with Gasteiger partial charge in [0.05, 0.1) is 0 Å². The Bertz CT molecular complexity index is 953. The van der Waals surface area contributed by atoms with Crippen LogP contribution in [-0.4, -0.2) is 28.1 Å². The van der Waals surface area contributed by atoms with E-state index >= 15 is 0 Å². The summed E-state index contributed by atoms with van der Waals surface area (Å²) < 4.78 is 2.17. The van der Waals surface area contributed by atoms with E-state index in [1.165, 1.54) is 11.6 Å². The molecule has 1 aliphatic heterocycles. The summed E-state index contributed by atoms with van der Waals surface area (Å²) in [6.45, 7) is 3.02. The monoisotopic (exact) mass is 371 g/mol. The number of hydrogen-bond donors (Lipinski definition) is 2. The van der Waals surface area contributed by atoms with Crippen LogP contribution in [0.15, 0.2) is 33.9 Å². The summed E-state index contributed by atoms with van der Waals surface area (Å²) >= 11 is 0. The zero-order valence-corrected chi connectivity index (χ0v) is 15.7. The highest BCUT2D eigenvalue weighted by atomic mass is 16.2. The molecule has 1 aliphatic rings. The number of amides is 1. The van der Waals surface area contributed by atoms with Crippen molar-refractivity contribution in [2.24, 2.45) is 7.05 Å². The molecule has 3 N–H and O–H groups in total. The van der Waals surface area contributed by atoms with Crippen LogP contribution in [0.25, 0.3) is 0 Å². The lowest BCUT2D eigenvalue weighted by Crippen LogP contribution is -2.46. The molecule has 8 nitrogen and oxygen atoms in total. The molecule has 0 bridgehead atoms. The molecule has 144 valence electrons. The van der Waals surface area contributed by atoms with E-state index in [1.54, 1.807) is 12.1 Å². The quantitative estimate of drug-likeness (QED) is 0.837. The van der Waals surface area contributed by atoms with Gasteiger partial charge in [0.15, 0.2) is 0 Å². The number of benzene rings is 1. The average Bonchev–Trinajstić information content (AvgIpc) is 2.66. The number of hydrogen-bond acceptors (Lipinski definition) is 5. The molecule has 0 radical (unpaired) electrons. The Hall–Kier alpha value is -3.03. The summed E-state index contributed by atoms with van der Waals surface area (Å²) in [5, 5.41) is 2.71. The molecule has 1 amide bonds. The Kier molecular flexibility index (Phi) is 5.34. The Morgan fingerprint density at radius 2 is 1.74 bits per heavy atom. The molecule has 0 unspecified atom stereocenters. The van der Waals surface area contributed by atoms with E-state index in [0.29, 0.717) is 24.5 Å². The molecule has 27 heavy (non-hydrogen) atoms. The number of nitrogens with one attached hydrogen (secondary N) is 1. The van der Waals surface area contributed by atoms with E-state index in [0.717, 1.165) is 29.4 Å². The summed E-state index contributed by atoms with van der Waals surface area (Å²) in [4.78, 5) is 39.8. The number of rotatable bonds is 4. The van der Waals surface area contributed by atoms with Gasteiger partial charge >= 0.3 is 5.69 Å². The number of aryl methyl sites for hydroxylation is 1. The minimum absolute atomic E-state index is 0.141. The minimum Gasteiger partial charge on any atom is -0.383 e. The van der Waals surface area contributed by atoms with Crippen molar-refractivity contribution in [1.29, 1.82) is 0 Å². The number of piperidine rings is 1. The fourth-order valence-corrected chi connectivity index (χ4v) is 3.30. The van der Waals surface area contributed by atoms with E-state index in [4.69, 9.17) is 5.73 Å². The molecule has 0 saturated carbocycles. The third-order valence-electron chi connectivity index (χ3n) is 4.88. The number of nitrogens with two attached hydrogens (primary N) is 1. The van der Waals surface area contributed by atoms with Crippen molar-refractivity contribution in [3.05, 3.63) is 50.7 Å². The molecule has 1 fully saturated rings. The minimum atomic E-state index is -0.600. The van der Waals surface area contributed by atoms with Gasteiger partial charge in [-0.05, 0) is 38.3 Å². The molecule has 8 heteroatoms. The summed E-state index contributed by atoms with van der Waals surface area (Å²) in [5.41, 5.74) is 6.93. The number of carbonyl (C=O) groups excluding carboxylic acids is 1. The molecular weight excluding hydrogens is 346 g/mol. The van der Waals surface area contributed by atoms with E-state index in [9.17, 15) is 14.4 Å². The van der Waals surface area contributed by atoms with Gasteiger partial charge in [0.1, 0.15) is 18.1 Å². The lowest BCUT2D eigenvalue weighted by molar-refractivity contribution is -0.116. The van der Waals surface area contributed by atoms with Gasteiger partial charge in [0.25, 0.3) is 5.56 Å². The van der Waals surface area contributed by atoms with E-state index < -0.39 is 17.2 Å². The van der Waals surface area contributed by atoms with Gasteiger partial charge in [-0.1, -0.05) is 17.7 Å². The third-order valence-corrected chi connectivity index (χ3v) is 4.88. The fourth-order valence-electron chi connectivity index (χ4n) is 3.30. The number of nitrogens with zero attached hydrogens (tertiary/aromatic N) is 3. The number of carbonyl (C=O) groups is 1. The maximum absolute atomic E-state index is 12.9. The van der Waals surface area contributed by atoms with Crippen LogP contribution < -0.4 is 27.2 Å². The van der Waals surface area contributed by atoms with Gasteiger partial charge in [0.2, 0.25) is 5.91 Å². The second-order valence-corrected chi connectivity index (χ2v) is 6.93. The van der Waals surface area contributed by atoms with Crippen molar-refractivity contribution < 1.29 is 4.79 Å². The molecule has 3 rings (SSSR count). The lowest BCUT2D eigenvalue weighted by Gasteiger charge is -2.29. The van der Waals surface area contributed by atoms with Crippen molar-refractivity contribution in [2.45, 2.75) is 32.7 Å². The maximum Gasteiger partial charge on any atom is 0.332 e. The Morgan fingerprint density at radius 3 is 2.37 bits per heavy atom. The first-order valence-corrected chi connectivity index (χ1v) is 9.09. The van der Waals surface area contributed by atoms with Crippen LogP contribution >= 0.6 is 0 Å². The van der Waals surface area contributed by atoms with Gasteiger partial charge in [0, 0.05) is 25.8 Å². The predicted octanol–water partition coefficient (Wildman–Crippen LogP) is 1.07. The van der Waals surface area contributed by atoms with Crippen molar-refractivity contribution in [3.63, 3.8) is 0 Å². The predicted molar refractivity (Wildman–Crippen MR) is 106 cm³/mol. The molecule has 1 aromatic heterocycles. The van der Waals surface area contributed by atoms with Gasteiger partial charge in [-0.2, -0.15) is 0 Å². The summed E-state index contributed by atoms with van der Waals surface area (Å²) in [6, 6.07) is 7.30. The summed E-state index contributed by atoms with van der Waals surface area (Å²) in [5.74, 6) is -0.297. The second-order valence-electron chi connectivity index (χ2n) is 6.93. The van der Waals surface area contributed by atoms with Crippen molar-refractivity contribution in [1.82, 2.24) is 9.13 Å². The Balaban J connectivity index is 1.91. The number of nitrogen functional groups attached to an aromatic ring is 1. The first-order chi connectivity index (χ1) is 12.9. The van der Waals surface area contributed by atoms with Crippen LogP contribution in [0.4, 0.5) is 17.2 Å². The molecule has 0 aliphatic carbocycles. The number of aromatic nitrogens is 2. The normalized spacial score (nSPS) is 14.2. The summed E-state index contributed by atoms with van der Waals surface area (Å²) in [7, 11) is 1.51. The van der Waals surface area contributed by atoms with Crippen molar-refractivity contribution in [3.8, 4) is 0 Å². The van der Waals surface area contributed by atoms with Gasteiger partial charge in [-0.25, -0.2) is 9.36 Å². The van der Waals surface area contributed by atoms with Crippen molar-refractivity contribution >= 4 is 23.1 Å². The van der Waals surface area contributed by atoms with Crippen LogP contribution in [-0.2, 0) is 18.4 Å². The van der Waals surface area contributed by atoms with E-state index in [1.807, 2.05) is 24.0 Å². The average molecular weight is 371 g/mol. The molecule has 2 heterocycles. The molecule has 0 atom stereocenters. The van der Waals surface area contributed by atoms with Gasteiger partial charge in [-0.3, -0.25) is 14.2 Å². The van der Waals surface area contributed by atoms with Crippen LogP contribution in [0.2, 0.25) is 0 Å². The highest BCUT2D eigenvalue weighted by molar-refractivity contribution is 5.90. The van der Waals surface area contributed by atoms with E-state index in [-0.39, 0.29) is 12.4 Å². The molecular formula is C19H25N5O3. The molecule has 0 spiro atoms. The van der Waals surface area contributed by atoms with Crippen molar-refractivity contribution in [2.75, 3.05) is 29.0 Å². The highest BCUT2D eigenvalue weighted by Crippen LogP contribution is 2.20. The molecule has 1 saturated heterocycles. The van der Waals surface area contributed by atoms with Crippen LogP contribution in [0, 0.1) is 6.92 Å². The highest BCUT2D eigenvalue weighted by Gasteiger charge is 2.23. The standard InChI is InChI=1S/C19H25N5O3/c1-13-6-8-14(9-7-13)21-15(25)12-24-18(26)16(17(20)22(2)19(24)27)23-10-4-3-5-11-23/h6-9H,3-5,10-12,20H2,1-2H3,(H,21,25). The Morgan fingerprint density at radius 1 is 1.11 bits per heavy atom. The van der Waals surface area contributed by atoms with Gasteiger partial charge < -0.3 is 16.0 Å². The molecule has 1 aromatic carbocycles. The van der Waals surface area contributed by atoms with E-state index in [2.05, 4.69) is 5.32 Å². The van der Waals surface area contributed by atoms with Crippen LogP contribution in [0.1, 0.15) is 24.8 Å². The molecule has 2 aromatic rings. The maximum atomic E-state index is 12.9. The van der Waals surface area contributed by atoms with Gasteiger partial charge in [-0.15, -0.1) is 0 Å². The smallest absolute Gasteiger partial charge is 0.332 e. The largest absolute Gasteiger partial charge is 0.383 e. The number of anilines is 3. The topological polar surface area (TPSA) is 102 Å². The lowest BCUT2D eigenvalue weighted by atomic mass is 10.1. The second kappa shape index (κ2) is 7.69.